The number of primary amides is 1. The molecular formula is C31H34N2O3Si. The van der Waals surface area contributed by atoms with Crippen LogP contribution in [0.4, 0.5) is 0 Å². The van der Waals surface area contributed by atoms with Crippen LogP contribution in [-0.2, 0) is 22.2 Å². The average Bonchev–Trinajstić information content (AvgIpc) is 3.22. The minimum atomic E-state index is -2.66. The van der Waals surface area contributed by atoms with E-state index in [2.05, 4.69) is 73.9 Å². The van der Waals surface area contributed by atoms with Crippen molar-refractivity contribution in [3.05, 3.63) is 96.2 Å². The van der Waals surface area contributed by atoms with Gasteiger partial charge in [-0.25, -0.2) is 0 Å². The average molecular weight is 511 g/mol. The molecule has 190 valence electrons. The number of nitrogens with two attached hydrogens (primary N) is 1. The fourth-order valence-corrected chi connectivity index (χ4v) is 10.7. The molecule has 37 heavy (non-hydrogen) atoms. The number of carbonyl (C=O) groups excluding carboxylic acids is 2. The summed E-state index contributed by atoms with van der Waals surface area (Å²) in [4.78, 5) is 24.8. The molecule has 0 spiro atoms. The number of hydrogen-bond donors (Lipinski definition) is 1. The predicted molar refractivity (Wildman–Crippen MR) is 151 cm³/mol. The van der Waals surface area contributed by atoms with Crippen LogP contribution in [0.3, 0.4) is 0 Å². The third kappa shape index (κ3) is 4.34. The van der Waals surface area contributed by atoms with E-state index in [0.717, 1.165) is 29.6 Å². The van der Waals surface area contributed by atoms with E-state index < -0.39 is 20.0 Å². The highest BCUT2D eigenvalue weighted by Gasteiger charge is 2.50. The smallest absolute Gasteiger partial charge is 0.289 e. The molecule has 0 aliphatic carbocycles. The number of aromatic nitrogens is 1. The van der Waals surface area contributed by atoms with Gasteiger partial charge in [-0.3, -0.25) is 9.59 Å². The van der Waals surface area contributed by atoms with Gasteiger partial charge in [-0.15, -0.1) is 0 Å². The van der Waals surface area contributed by atoms with Gasteiger partial charge in [-0.2, -0.15) is 0 Å². The summed E-state index contributed by atoms with van der Waals surface area (Å²) in [5.74, 6) is -1.30. The fourth-order valence-electron chi connectivity index (χ4n) is 6.03. The second kappa shape index (κ2) is 9.76. The van der Waals surface area contributed by atoms with Gasteiger partial charge >= 0.3 is 0 Å². The fraction of sp³-hybridized carbons (Fsp3) is 0.290. The summed E-state index contributed by atoms with van der Waals surface area (Å²) in [6.07, 6.45) is 1.61. The van der Waals surface area contributed by atoms with Gasteiger partial charge in [-0.05, 0) is 40.2 Å². The molecule has 1 aliphatic rings. The summed E-state index contributed by atoms with van der Waals surface area (Å²) in [5.41, 5.74) is 7.79. The highest BCUT2D eigenvalue weighted by atomic mass is 28.4. The van der Waals surface area contributed by atoms with Crippen LogP contribution in [0.2, 0.25) is 5.04 Å². The summed E-state index contributed by atoms with van der Waals surface area (Å²) >= 11 is 0. The lowest BCUT2D eigenvalue weighted by molar-refractivity contribution is -0.114. The van der Waals surface area contributed by atoms with Crippen molar-refractivity contribution in [3.8, 4) is 0 Å². The van der Waals surface area contributed by atoms with E-state index in [9.17, 15) is 9.59 Å². The van der Waals surface area contributed by atoms with Gasteiger partial charge in [-0.1, -0.05) is 99.6 Å². The first-order valence-corrected chi connectivity index (χ1v) is 14.8. The second-order valence-electron chi connectivity index (χ2n) is 11.0. The normalized spacial score (nSPS) is 15.9. The van der Waals surface area contributed by atoms with Crippen LogP contribution in [0.15, 0.2) is 84.9 Å². The Balaban J connectivity index is 1.53. The SMILES string of the molecule is CC(C)(C)[Si](OCC1CCn2c(c(C(=O)C(N)=O)c3ccccc32)C1)(c1ccccc1)c1ccccc1. The maximum absolute atomic E-state index is 12.9. The van der Waals surface area contributed by atoms with Crippen LogP contribution >= 0.6 is 0 Å². The Labute approximate surface area is 219 Å². The Morgan fingerprint density at radius 1 is 0.919 bits per heavy atom. The molecule has 1 amide bonds. The molecule has 0 bridgehead atoms. The minimum absolute atomic E-state index is 0.105. The molecular weight excluding hydrogens is 476 g/mol. The lowest BCUT2D eigenvalue weighted by atomic mass is 9.93. The highest BCUT2D eigenvalue weighted by Crippen LogP contribution is 2.38. The summed E-state index contributed by atoms with van der Waals surface area (Å²) < 4.78 is 9.38. The van der Waals surface area contributed by atoms with Crippen LogP contribution in [0.5, 0.6) is 0 Å². The molecule has 2 heterocycles. The number of amides is 1. The number of para-hydroxylation sites is 1. The van der Waals surface area contributed by atoms with Crippen LogP contribution in [0.25, 0.3) is 10.9 Å². The summed E-state index contributed by atoms with van der Waals surface area (Å²) in [6, 6.07) is 29.1. The lowest BCUT2D eigenvalue weighted by Crippen LogP contribution is -2.67. The van der Waals surface area contributed by atoms with Crippen molar-refractivity contribution in [1.82, 2.24) is 4.57 Å². The van der Waals surface area contributed by atoms with Gasteiger partial charge < -0.3 is 14.7 Å². The van der Waals surface area contributed by atoms with Gasteiger partial charge in [0.1, 0.15) is 0 Å². The monoisotopic (exact) mass is 510 g/mol. The number of benzene rings is 3. The van der Waals surface area contributed by atoms with Gasteiger partial charge in [0, 0.05) is 29.7 Å². The van der Waals surface area contributed by atoms with Crippen LogP contribution in [0, 0.1) is 5.92 Å². The molecule has 1 atom stereocenters. The Hall–Kier alpha value is -3.48. The van der Waals surface area contributed by atoms with Crippen molar-refractivity contribution in [2.45, 2.75) is 45.2 Å². The number of rotatable bonds is 7. The van der Waals surface area contributed by atoms with Crippen molar-refractivity contribution < 1.29 is 14.0 Å². The first kappa shape index (κ1) is 25.2. The zero-order valence-corrected chi connectivity index (χ0v) is 22.7. The Kier molecular flexibility index (Phi) is 6.64. The predicted octanol–water partition coefficient (Wildman–Crippen LogP) is 4.45. The third-order valence-corrected chi connectivity index (χ3v) is 12.7. The van der Waals surface area contributed by atoms with Crippen LogP contribution in [-0.4, -0.2) is 31.2 Å². The molecule has 4 aromatic rings. The third-order valence-electron chi connectivity index (χ3n) is 7.72. The molecule has 6 heteroatoms. The Bertz CT molecular complexity index is 1400. The number of ketones is 1. The first-order valence-electron chi connectivity index (χ1n) is 12.9. The van der Waals surface area contributed by atoms with Crippen molar-refractivity contribution in [3.63, 3.8) is 0 Å². The topological polar surface area (TPSA) is 74.3 Å². The largest absolute Gasteiger partial charge is 0.407 e. The van der Waals surface area contributed by atoms with Gasteiger partial charge in [0.05, 0.1) is 5.56 Å². The molecule has 0 saturated heterocycles. The van der Waals surface area contributed by atoms with E-state index in [4.69, 9.17) is 10.2 Å². The maximum Gasteiger partial charge on any atom is 0.289 e. The van der Waals surface area contributed by atoms with Crippen LogP contribution < -0.4 is 16.1 Å². The van der Waals surface area contributed by atoms with Crippen LogP contribution in [0.1, 0.15) is 43.2 Å². The van der Waals surface area contributed by atoms with Crippen molar-refractivity contribution in [1.29, 1.82) is 0 Å². The standard InChI is InChI=1S/C31H34N2O3Si/c1-31(2,3)37(23-12-6-4-7-13-23,24-14-8-5-9-15-24)36-21-22-18-19-33-26-17-11-10-16-25(26)28(27(33)20-22)29(34)30(32)35/h4-17,22H,18-21H2,1-3H3,(H2,32,35). The van der Waals surface area contributed by atoms with E-state index in [1.54, 1.807) is 0 Å². The second-order valence-corrected chi connectivity index (χ2v) is 15.3. The number of carbonyl (C=O) groups is 2. The lowest BCUT2D eigenvalue weighted by Gasteiger charge is -2.44. The summed E-state index contributed by atoms with van der Waals surface area (Å²) in [6.45, 7) is 8.19. The molecule has 0 saturated carbocycles. The van der Waals surface area contributed by atoms with Gasteiger partial charge in [0.15, 0.2) is 0 Å². The molecule has 1 unspecified atom stereocenters. The maximum atomic E-state index is 12.9. The zero-order chi connectivity index (χ0) is 26.2. The van der Waals surface area contributed by atoms with E-state index in [0.29, 0.717) is 18.6 Å². The number of hydrogen-bond acceptors (Lipinski definition) is 3. The van der Waals surface area contributed by atoms with E-state index >= 15 is 0 Å². The first-order chi connectivity index (χ1) is 17.7. The molecule has 1 aliphatic heterocycles. The molecule has 0 fully saturated rings. The molecule has 2 N–H and O–H groups in total. The zero-order valence-electron chi connectivity index (χ0n) is 21.7. The van der Waals surface area contributed by atoms with E-state index in [-0.39, 0.29) is 11.0 Å². The van der Waals surface area contributed by atoms with E-state index in [1.165, 1.54) is 10.4 Å². The summed E-state index contributed by atoms with van der Waals surface area (Å²) in [7, 11) is -2.66. The van der Waals surface area contributed by atoms with Crippen molar-refractivity contribution >= 4 is 41.3 Å². The van der Waals surface area contributed by atoms with Gasteiger partial charge in [0.25, 0.3) is 20.0 Å². The number of fused-ring (bicyclic) bond motifs is 3. The quantitative estimate of drug-likeness (QED) is 0.227. The Morgan fingerprint density at radius 3 is 2.05 bits per heavy atom. The van der Waals surface area contributed by atoms with Crippen molar-refractivity contribution in [2.75, 3.05) is 6.61 Å². The highest BCUT2D eigenvalue weighted by molar-refractivity contribution is 6.99. The molecule has 5 nitrogen and oxygen atoms in total. The molecule has 3 aromatic carbocycles. The molecule has 1 aromatic heterocycles. The number of Topliss-reactive ketones (excluding diaryl/α,β-unsaturated/α-hetero) is 1. The minimum Gasteiger partial charge on any atom is -0.407 e. The van der Waals surface area contributed by atoms with Gasteiger partial charge in [0.2, 0.25) is 0 Å². The molecule has 0 radical (unpaired) electrons. The van der Waals surface area contributed by atoms with E-state index in [1.807, 2.05) is 36.4 Å². The summed E-state index contributed by atoms with van der Waals surface area (Å²) in [5, 5.41) is 3.20. The number of nitrogens with zero attached hydrogens (tertiary/aromatic N) is 1. The van der Waals surface area contributed by atoms with Crippen molar-refractivity contribution in [2.24, 2.45) is 11.7 Å². The number of aryl methyl sites for hydroxylation is 1. The molecule has 5 rings (SSSR count). The Morgan fingerprint density at radius 2 is 1.49 bits per heavy atom.